The Morgan fingerprint density at radius 2 is 1.41 bits per heavy atom. The Kier molecular flexibility index (Phi) is 3.96. The first-order chi connectivity index (χ1) is 10.1. The Morgan fingerprint density at radius 3 is 2.00 bits per heavy atom. The fourth-order valence-corrected chi connectivity index (χ4v) is 4.82. The van der Waals surface area contributed by atoms with Crippen molar-refractivity contribution in [3.8, 4) is 11.5 Å². The molecule has 0 aromatic heterocycles. The predicted molar refractivity (Wildman–Crippen MR) is 85.4 cm³/mol. The van der Waals surface area contributed by atoms with Crippen LogP contribution in [0, 0.1) is 34.6 Å². The summed E-state index contributed by atoms with van der Waals surface area (Å²) in [5.74, 6) is -0.0658. The van der Waals surface area contributed by atoms with Crippen LogP contribution in [0.15, 0.2) is 28.0 Å². The van der Waals surface area contributed by atoms with Gasteiger partial charge in [-0.15, -0.1) is 0 Å². The number of benzene rings is 2. The highest BCUT2D eigenvalue weighted by molar-refractivity contribution is 7.91. The Morgan fingerprint density at radius 1 is 0.818 bits per heavy atom. The number of phenols is 2. The molecule has 2 aromatic carbocycles. The molecule has 0 saturated heterocycles. The van der Waals surface area contributed by atoms with Gasteiger partial charge in [0.2, 0.25) is 9.84 Å². The molecule has 0 fully saturated rings. The third kappa shape index (κ3) is 2.46. The van der Waals surface area contributed by atoms with Gasteiger partial charge < -0.3 is 10.2 Å². The maximum Gasteiger partial charge on any atom is 0.207 e. The predicted octanol–water partition coefficient (Wildman–Crippen LogP) is 3.47. The zero-order chi connectivity index (χ0) is 16.8. The Labute approximate surface area is 131 Å². The highest BCUT2D eigenvalue weighted by Gasteiger charge is 2.27. The summed E-state index contributed by atoms with van der Waals surface area (Å²) in [7, 11) is -3.84. The van der Waals surface area contributed by atoms with E-state index in [9.17, 15) is 18.6 Å². The van der Waals surface area contributed by atoms with Crippen molar-refractivity contribution < 1.29 is 18.6 Å². The van der Waals surface area contributed by atoms with E-state index >= 15 is 0 Å². The smallest absolute Gasteiger partial charge is 0.207 e. The average Bonchev–Trinajstić information content (AvgIpc) is 2.39. The van der Waals surface area contributed by atoms with Crippen molar-refractivity contribution in [1.29, 1.82) is 0 Å². The van der Waals surface area contributed by atoms with Crippen LogP contribution in [-0.2, 0) is 9.84 Å². The molecular formula is C17H20O4S. The van der Waals surface area contributed by atoms with Gasteiger partial charge in [0.25, 0.3) is 0 Å². The highest BCUT2D eigenvalue weighted by atomic mass is 32.2. The molecule has 118 valence electrons. The molecule has 0 unspecified atom stereocenters. The number of aromatic hydroxyl groups is 2. The van der Waals surface area contributed by atoms with E-state index in [1.54, 1.807) is 46.8 Å². The molecule has 0 amide bonds. The second-order valence-corrected chi connectivity index (χ2v) is 7.58. The fraction of sp³-hybridized carbons (Fsp3) is 0.294. The summed E-state index contributed by atoms with van der Waals surface area (Å²) in [6.07, 6.45) is 0. The third-order valence-electron chi connectivity index (χ3n) is 3.90. The van der Waals surface area contributed by atoms with Gasteiger partial charge >= 0.3 is 0 Å². The van der Waals surface area contributed by atoms with Gasteiger partial charge in [-0.25, -0.2) is 8.42 Å². The molecule has 0 bridgehead atoms. The van der Waals surface area contributed by atoms with E-state index in [2.05, 4.69) is 0 Å². The first-order valence-corrected chi connectivity index (χ1v) is 8.40. The largest absolute Gasteiger partial charge is 0.508 e. The van der Waals surface area contributed by atoms with Crippen LogP contribution in [-0.4, -0.2) is 18.6 Å². The van der Waals surface area contributed by atoms with Crippen LogP contribution in [0.25, 0.3) is 0 Å². The lowest BCUT2D eigenvalue weighted by molar-refractivity contribution is 0.463. The van der Waals surface area contributed by atoms with Crippen LogP contribution in [0.1, 0.15) is 27.8 Å². The molecule has 2 aromatic rings. The fourth-order valence-electron chi connectivity index (χ4n) is 2.77. The maximum absolute atomic E-state index is 13.0. The molecular weight excluding hydrogens is 300 g/mol. The summed E-state index contributed by atoms with van der Waals surface area (Å²) in [5, 5.41) is 20.0. The number of aryl methyl sites for hydroxylation is 3. The lowest BCUT2D eigenvalue weighted by Gasteiger charge is -2.16. The van der Waals surface area contributed by atoms with E-state index in [1.807, 2.05) is 0 Å². The summed E-state index contributed by atoms with van der Waals surface area (Å²) in [6, 6.07) is 4.72. The van der Waals surface area contributed by atoms with Gasteiger partial charge in [0, 0.05) is 11.1 Å². The number of hydrogen-bond acceptors (Lipinski definition) is 4. The molecule has 0 aliphatic rings. The highest BCUT2D eigenvalue weighted by Crippen LogP contribution is 2.37. The second-order valence-electron chi connectivity index (χ2n) is 5.72. The van der Waals surface area contributed by atoms with Gasteiger partial charge in [-0.2, -0.15) is 0 Å². The topological polar surface area (TPSA) is 74.6 Å². The molecule has 22 heavy (non-hydrogen) atoms. The first-order valence-electron chi connectivity index (χ1n) is 6.92. The van der Waals surface area contributed by atoms with E-state index in [0.717, 1.165) is 0 Å². The van der Waals surface area contributed by atoms with Crippen LogP contribution in [0.4, 0.5) is 0 Å². The molecule has 0 saturated carbocycles. The zero-order valence-corrected chi connectivity index (χ0v) is 14.2. The van der Waals surface area contributed by atoms with E-state index in [1.165, 1.54) is 6.07 Å². The van der Waals surface area contributed by atoms with Crippen molar-refractivity contribution in [2.45, 2.75) is 44.4 Å². The molecule has 0 spiro atoms. The second kappa shape index (κ2) is 5.32. The van der Waals surface area contributed by atoms with Gasteiger partial charge in [-0.05, 0) is 63.4 Å². The Hall–Kier alpha value is -2.01. The summed E-state index contributed by atoms with van der Waals surface area (Å²) in [5.41, 5.74) is 2.52. The van der Waals surface area contributed by atoms with Gasteiger partial charge in [-0.3, -0.25) is 0 Å². The van der Waals surface area contributed by atoms with Gasteiger partial charge in [0.1, 0.15) is 11.5 Å². The minimum absolute atomic E-state index is 0.0151. The third-order valence-corrected chi connectivity index (χ3v) is 6.06. The summed E-state index contributed by atoms with van der Waals surface area (Å²) >= 11 is 0. The Balaban J connectivity index is 2.86. The van der Waals surface area contributed by atoms with Crippen LogP contribution >= 0.6 is 0 Å². The molecule has 0 aliphatic heterocycles. The zero-order valence-electron chi connectivity index (χ0n) is 13.4. The number of rotatable bonds is 2. The number of phenolic OH excluding ortho intramolecular Hbond substituents is 2. The molecule has 0 heterocycles. The van der Waals surface area contributed by atoms with Crippen molar-refractivity contribution >= 4 is 9.84 Å². The standard InChI is InChI=1S/C17H20O4S/c1-9-6-14(18)12(4)15(7-9)22(20,21)17-11(3)8-10(2)16(19)13(17)5/h6-8,18-19H,1-5H3. The average molecular weight is 320 g/mol. The summed E-state index contributed by atoms with van der Waals surface area (Å²) in [6.45, 7) is 8.32. The SMILES string of the molecule is Cc1cc(O)c(C)c(S(=O)(=O)c2c(C)cc(C)c(O)c2C)c1. The minimum Gasteiger partial charge on any atom is -0.508 e. The lowest BCUT2D eigenvalue weighted by Crippen LogP contribution is -2.09. The van der Waals surface area contributed by atoms with Crippen molar-refractivity contribution in [2.75, 3.05) is 0 Å². The monoisotopic (exact) mass is 320 g/mol. The van der Waals surface area contributed by atoms with Crippen LogP contribution in [0.5, 0.6) is 11.5 Å². The molecule has 0 aliphatic carbocycles. The minimum atomic E-state index is -3.84. The van der Waals surface area contributed by atoms with Gasteiger partial charge in [-0.1, -0.05) is 6.07 Å². The van der Waals surface area contributed by atoms with Crippen molar-refractivity contribution in [2.24, 2.45) is 0 Å². The van der Waals surface area contributed by atoms with Crippen LogP contribution in [0.2, 0.25) is 0 Å². The molecule has 5 heteroatoms. The van der Waals surface area contributed by atoms with E-state index in [4.69, 9.17) is 0 Å². The molecule has 2 rings (SSSR count). The van der Waals surface area contributed by atoms with Crippen LogP contribution < -0.4 is 0 Å². The van der Waals surface area contributed by atoms with Gasteiger partial charge in [0.15, 0.2) is 0 Å². The number of hydrogen-bond donors (Lipinski definition) is 2. The van der Waals surface area contributed by atoms with Gasteiger partial charge in [0.05, 0.1) is 9.79 Å². The van der Waals surface area contributed by atoms with Crippen LogP contribution in [0.3, 0.4) is 0 Å². The summed E-state index contributed by atoms with van der Waals surface area (Å²) < 4.78 is 26.1. The van der Waals surface area contributed by atoms with E-state index in [0.29, 0.717) is 27.8 Å². The quantitative estimate of drug-likeness (QED) is 0.888. The Bertz CT molecular complexity index is 865. The molecule has 2 N–H and O–H groups in total. The molecule has 0 atom stereocenters. The number of sulfone groups is 1. The van der Waals surface area contributed by atoms with E-state index < -0.39 is 9.84 Å². The normalized spacial score (nSPS) is 11.7. The van der Waals surface area contributed by atoms with Crippen molar-refractivity contribution in [1.82, 2.24) is 0 Å². The molecule has 4 nitrogen and oxygen atoms in total. The molecule has 0 radical (unpaired) electrons. The maximum atomic E-state index is 13.0. The first kappa shape index (κ1) is 16.4. The van der Waals surface area contributed by atoms with Crippen molar-refractivity contribution in [3.63, 3.8) is 0 Å². The lowest BCUT2D eigenvalue weighted by atomic mass is 10.1. The summed E-state index contributed by atoms with van der Waals surface area (Å²) in [4.78, 5) is 0.170. The van der Waals surface area contributed by atoms with E-state index in [-0.39, 0.29) is 21.3 Å². The van der Waals surface area contributed by atoms with Crippen molar-refractivity contribution in [3.05, 3.63) is 46.0 Å².